The Morgan fingerprint density at radius 1 is 1.40 bits per heavy atom. The predicted octanol–water partition coefficient (Wildman–Crippen LogP) is 1.23. The van der Waals surface area contributed by atoms with E-state index in [-0.39, 0.29) is 18.6 Å². The molecule has 0 aromatic heterocycles. The second-order valence-electron chi connectivity index (χ2n) is 4.91. The molecule has 1 unspecified atom stereocenters. The molecule has 0 radical (unpaired) electrons. The summed E-state index contributed by atoms with van der Waals surface area (Å²) in [4.78, 5) is 11.5. The zero-order valence-electron chi connectivity index (χ0n) is 12.3. The summed E-state index contributed by atoms with van der Waals surface area (Å²) in [6.07, 6.45) is -0.243. The lowest BCUT2D eigenvalue weighted by molar-refractivity contribution is -0.121. The fraction of sp³-hybridized carbons (Fsp3) is 0.533. The third kappa shape index (κ3) is 6.04. The van der Waals surface area contributed by atoms with Crippen molar-refractivity contribution in [3.05, 3.63) is 29.8 Å². The largest absolute Gasteiger partial charge is 0.491 e. The highest BCUT2D eigenvalue weighted by atomic mass is 16.5. The Morgan fingerprint density at radius 2 is 2.15 bits per heavy atom. The van der Waals surface area contributed by atoms with Crippen molar-refractivity contribution in [3.8, 4) is 5.75 Å². The Morgan fingerprint density at radius 3 is 2.80 bits per heavy atom. The molecule has 0 fully saturated rings. The zero-order valence-corrected chi connectivity index (χ0v) is 12.3. The molecule has 0 aliphatic carbocycles. The molecule has 1 aromatic rings. The van der Waals surface area contributed by atoms with E-state index in [1.165, 1.54) is 0 Å². The molecular weight excluding hydrogens is 256 g/mol. The minimum Gasteiger partial charge on any atom is -0.491 e. The maximum absolute atomic E-state index is 11.5. The fourth-order valence-electron chi connectivity index (χ4n) is 1.72. The summed E-state index contributed by atoms with van der Waals surface area (Å²) >= 11 is 0. The minimum absolute atomic E-state index is 0.0759. The van der Waals surface area contributed by atoms with Gasteiger partial charge in [-0.2, -0.15) is 0 Å². The van der Waals surface area contributed by atoms with E-state index in [0.29, 0.717) is 13.0 Å². The second-order valence-corrected chi connectivity index (χ2v) is 4.91. The number of carbonyl (C=O) groups excluding carboxylic acids is 1. The number of carbonyl (C=O) groups is 1. The van der Waals surface area contributed by atoms with Crippen LogP contribution in [0.1, 0.15) is 31.9 Å². The van der Waals surface area contributed by atoms with Crippen molar-refractivity contribution in [2.75, 3.05) is 20.1 Å². The van der Waals surface area contributed by atoms with E-state index < -0.39 is 6.10 Å². The number of hydrogen-bond donors (Lipinski definition) is 3. The molecule has 1 atom stereocenters. The van der Waals surface area contributed by atoms with Gasteiger partial charge in [0, 0.05) is 19.5 Å². The van der Waals surface area contributed by atoms with Gasteiger partial charge in [-0.3, -0.25) is 4.79 Å². The molecule has 1 rings (SSSR count). The number of ether oxygens (including phenoxy) is 1. The number of rotatable bonds is 8. The van der Waals surface area contributed by atoms with Crippen molar-refractivity contribution in [3.63, 3.8) is 0 Å². The molecule has 20 heavy (non-hydrogen) atoms. The third-order valence-corrected chi connectivity index (χ3v) is 2.71. The Labute approximate surface area is 120 Å². The van der Waals surface area contributed by atoms with Crippen LogP contribution in [0.4, 0.5) is 0 Å². The van der Waals surface area contributed by atoms with Gasteiger partial charge in [-0.1, -0.05) is 12.1 Å². The Kier molecular flexibility index (Phi) is 7.04. The standard InChI is InChI=1S/C15H24N2O3/c1-11(2)20-13-6-4-5-12(9-13)14(18)10-17-15(19)7-8-16-3/h4-6,9,11,14,16,18H,7-8,10H2,1-3H3,(H,17,19). The van der Waals surface area contributed by atoms with Gasteiger partial charge in [0.15, 0.2) is 0 Å². The maximum Gasteiger partial charge on any atom is 0.221 e. The maximum atomic E-state index is 11.5. The number of aliphatic hydroxyl groups excluding tert-OH is 1. The van der Waals surface area contributed by atoms with Gasteiger partial charge in [0.1, 0.15) is 5.75 Å². The highest BCUT2D eigenvalue weighted by Gasteiger charge is 2.10. The van der Waals surface area contributed by atoms with Crippen molar-refractivity contribution in [1.82, 2.24) is 10.6 Å². The number of benzene rings is 1. The number of nitrogens with one attached hydrogen (secondary N) is 2. The molecule has 3 N–H and O–H groups in total. The van der Waals surface area contributed by atoms with Crippen LogP contribution < -0.4 is 15.4 Å². The first-order chi connectivity index (χ1) is 9.52. The molecule has 0 bridgehead atoms. The highest BCUT2D eigenvalue weighted by Crippen LogP contribution is 2.19. The lowest BCUT2D eigenvalue weighted by Gasteiger charge is -2.15. The second kappa shape index (κ2) is 8.55. The fourth-order valence-corrected chi connectivity index (χ4v) is 1.72. The third-order valence-electron chi connectivity index (χ3n) is 2.71. The summed E-state index contributed by atoms with van der Waals surface area (Å²) in [5, 5.41) is 15.7. The van der Waals surface area contributed by atoms with Gasteiger partial charge in [-0.25, -0.2) is 0 Å². The van der Waals surface area contributed by atoms with Crippen LogP contribution in [0.25, 0.3) is 0 Å². The van der Waals surface area contributed by atoms with Crippen molar-refractivity contribution >= 4 is 5.91 Å². The summed E-state index contributed by atoms with van der Waals surface area (Å²) < 4.78 is 5.58. The molecular formula is C15H24N2O3. The summed E-state index contributed by atoms with van der Waals surface area (Å²) in [7, 11) is 1.79. The van der Waals surface area contributed by atoms with E-state index in [2.05, 4.69) is 10.6 Å². The Hall–Kier alpha value is -1.59. The Bertz CT molecular complexity index is 421. The topological polar surface area (TPSA) is 70.6 Å². The van der Waals surface area contributed by atoms with Crippen LogP contribution in [-0.4, -0.2) is 37.3 Å². The smallest absolute Gasteiger partial charge is 0.221 e. The van der Waals surface area contributed by atoms with Crippen LogP contribution in [0.2, 0.25) is 0 Å². The summed E-state index contributed by atoms with van der Waals surface area (Å²) in [5.41, 5.74) is 0.733. The monoisotopic (exact) mass is 280 g/mol. The molecule has 0 spiro atoms. The SMILES string of the molecule is CNCCC(=O)NCC(O)c1cccc(OC(C)C)c1. The normalized spacial score (nSPS) is 12.2. The van der Waals surface area contributed by atoms with Crippen LogP contribution in [-0.2, 0) is 4.79 Å². The van der Waals surface area contributed by atoms with E-state index in [9.17, 15) is 9.90 Å². The molecule has 1 aromatic carbocycles. The molecule has 1 amide bonds. The first kappa shape index (κ1) is 16.5. The molecule has 5 heteroatoms. The van der Waals surface area contributed by atoms with Crippen molar-refractivity contribution in [1.29, 1.82) is 0 Å². The van der Waals surface area contributed by atoms with Gasteiger partial charge in [0.2, 0.25) is 5.91 Å². The van der Waals surface area contributed by atoms with E-state index in [1.54, 1.807) is 13.1 Å². The molecule has 5 nitrogen and oxygen atoms in total. The lowest BCUT2D eigenvalue weighted by Crippen LogP contribution is -2.30. The summed E-state index contributed by atoms with van der Waals surface area (Å²) in [6.45, 7) is 4.73. The first-order valence-electron chi connectivity index (χ1n) is 6.89. The molecule has 0 aliphatic heterocycles. The van der Waals surface area contributed by atoms with Gasteiger partial charge < -0.3 is 20.5 Å². The van der Waals surface area contributed by atoms with Crippen LogP contribution >= 0.6 is 0 Å². The van der Waals surface area contributed by atoms with Gasteiger partial charge in [0.05, 0.1) is 12.2 Å². The van der Waals surface area contributed by atoms with Gasteiger partial charge in [-0.15, -0.1) is 0 Å². The average Bonchev–Trinajstić information content (AvgIpc) is 2.42. The van der Waals surface area contributed by atoms with Crippen molar-refractivity contribution < 1.29 is 14.6 Å². The van der Waals surface area contributed by atoms with Gasteiger partial charge in [0.25, 0.3) is 0 Å². The number of aliphatic hydroxyl groups is 1. The van der Waals surface area contributed by atoms with Crippen LogP contribution in [0, 0.1) is 0 Å². The molecule has 112 valence electrons. The molecule has 0 saturated carbocycles. The average molecular weight is 280 g/mol. The van der Waals surface area contributed by atoms with E-state index in [1.807, 2.05) is 32.0 Å². The van der Waals surface area contributed by atoms with Crippen LogP contribution in [0.3, 0.4) is 0 Å². The van der Waals surface area contributed by atoms with Gasteiger partial charge in [-0.05, 0) is 38.6 Å². The van der Waals surface area contributed by atoms with E-state index in [4.69, 9.17) is 4.74 Å². The predicted molar refractivity (Wildman–Crippen MR) is 78.7 cm³/mol. The number of hydrogen-bond acceptors (Lipinski definition) is 4. The van der Waals surface area contributed by atoms with Crippen LogP contribution in [0.5, 0.6) is 5.75 Å². The molecule has 0 heterocycles. The quantitative estimate of drug-likeness (QED) is 0.670. The van der Waals surface area contributed by atoms with Crippen LogP contribution in [0.15, 0.2) is 24.3 Å². The highest BCUT2D eigenvalue weighted by molar-refractivity contribution is 5.76. The first-order valence-corrected chi connectivity index (χ1v) is 6.89. The summed E-state index contributed by atoms with van der Waals surface area (Å²) in [6, 6.07) is 7.29. The van der Waals surface area contributed by atoms with E-state index >= 15 is 0 Å². The van der Waals surface area contributed by atoms with E-state index in [0.717, 1.165) is 11.3 Å². The van der Waals surface area contributed by atoms with Crippen molar-refractivity contribution in [2.45, 2.75) is 32.5 Å². The minimum atomic E-state index is -0.732. The van der Waals surface area contributed by atoms with Gasteiger partial charge >= 0.3 is 0 Å². The van der Waals surface area contributed by atoms with Crippen molar-refractivity contribution in [2.24, 2.45) is 0 Å². The summed E-state index contributed by atoms with van der Waals surface area (Å²) in [5.74, 6) is 0.644. The Balaban J connectivity index is 2.50. The molecule has 0 aliphatic rings. The zero-order chi connectivity index (χ0) is 15.0. The molecule has 0 saturated heterocycles. The lowest BCUT2D eigenvalue weighted by atomic mass is 10.1. The number of amides is 1.